The predicted molar refractivity (Wildman–Crippen MR) is 120 cm³/mol. The summed E-state index contributed by atoms with van der Waals surface area (Å²) in [5, 5.41) is 10.3. The summed E-state index contributed by atoms with van der Waals surface area (Å²) in [6.07, 6.45) is 7.07. The van der Waals surface area contributed by atoms with Crippen molar-refractivity contribution in [3.63, 3.8) is 0 Å². The van der Waals surface area contributed by atoms with Crippen molar-refractivity contribution in [1.29, 1.82) is 0 Å². The number of imide groups is 1. The topological polar surface area (TPSA) is 79.6 Å². The Labute approximate surface area is 182 Å². The molecule has 1 saturated heterocycles. The van der Waals surface area contributed by atoms with Gasteiger partial charge >= 0.3 is 5.97 Å². The third-order valence-corrected chi connectivity index (χ3v) is 7.70. The van der Waals surface area contributed by atoms with Crippen molar-refractivity contribution in [2.24, 2.45) is 0 Å². The van der Waals surface area contributed by atoms with Gasteiger partial charge in [-0.05, 0) is 74.6 Å². The van der Waals surface area contributed by atoms with Crippen LogP contribution in [-0.4, -0.2) is 38.2 Å². The highest BCUT2D eigenvalue weighted by Crippen LogP contribution is 2.39. The third-order valence-electron chi connectivity index (χ3n) is 5.51. The van der Waals surface area contributed by atoms with Crippen LogP contribution in [0.5, 0.6) is 0 Å². The fourth-order valence-corrected chi connectivity index (χ4v) is 6.43. The molecule has 0 radical (unpaired) electrons. The van der Waals surface area contributed by atoms with Crippen molar-refractivity contribution >= 4 is 46.3 Å². The van der Waals surface area contributed by atoms with Gasteiger partial charge in [0.25, 0.3) is 11.1 Å². The quantitative estimate of drug-likeness (QED) is 0.523. The second-order valence-corrected chi connectivity index (χ2v) is 9.52. The molecule has 0 spiro atoms. The lowest BCUT2D eigenvalue weighted by Crippen LogP contribution is -2.27. The van der Waals surface area contributed by atoms with Crippen LogP contribution in [0.25, 0.3) is 11.1 Å². The van der Waals surface area contributed by atoms with Crippen LogP contribution in [0.2, 0.25) is 0 Å². The van der Waals surface area contributed by atoms with E-state index in [9.17, 15) is 19.5 Å². The van der Waals surface area contributed by atoms with E-state index in [1.54, 1.807) is 17.4 Å². The fraction of sp³-hybridized carbons (Fsp3) is 0.318. The van der Waals surface area contributed by atoms with Crippen LogP contribution in [0.1, 0.15) is 50.6 Å². The Hall–Kier alpha value is -2.58. The van der Waals surface area contributed by atoms with Gasteiger partial charge in [-0.3, -0.25) is 14.5 Å². The molecule has 0 atom stereocenters. The van der Waals surface area contributed by atoms with Gasteiger partial charge in [-0.1, -0.05) is 6.08 Å². The van der Waals surface area contributed by atoms with Gasteiger partial charge < -0.3 is 9.67 Å². The highest BCUT2D eigenvalue weighted by molar-refractivity contribution is 8.18. The first-order valence-electron chi connectivity index (χ1n) is 9.77. The smallest absolute Gasteiger partial charge is 0.339 e. The monoisotopic (exact) mass is 442 g/mol. The first-order valence-corrected chi connectivity index (χ1v) is 11.4. The number of amides is 2. The predicted octanol–water partition coefficient (Wildman–Crippen LogP) is 4.95. The zero-order valence-electron chi connectivity index (χ0n) is 16.9. The Morgan fingerprint density at radius 1 is 1.27 bits per heavy atom. The average Bonchev–Trinajstić information content (AvgIpc) is 3.29. The zero-order chi connectivity index (χ0) is 21.6. The van der Waals surface area contributed by atoms with Crippen LogP contribution in [0.4, 0.5) is 4.79 Å². The molecule has 2 aromatic rings. The van der Waals surface area contributed by atoms with E-state index in [1.807, 2.05) is 24.5 Å². The normalized spacial score (nSPS) is 17.7. The molecule has 30 heavy (non-hydrogen) atoms. The van der Waals surface area contributed by atoms with Gasteiger partial charge in [0.05, 0.1) is 10.5 Å². The highest BCUT2D eigenvalue weighted by atomic mass is 32.2. The van der Waals surface area contributed by atoms with E-state index < -0.39 is 5.97 Å². The number of carbonyl (C=O) groups excluding carboxylic acids is 2. The van der Waals surface area contributed by atoms with Crippen LogP contribution >= 0.6 is 23.1 Å². The lowest BCUT2D eigenvalue weighted by Gasteiger charge is -2.11. The molecule has 1 N–H and O–H groups in total. The molecule has 0 saturated carbocycles. The molecule has 2 aromatic heterocycles. The molecule has 2 amide bonds. The first-order chi connectivity index (χ1) is 14.3. The molecule has 156 valence electrons. The zero-order valence-corrected chi connectivity index (χ0v) is 18.5. The molecule has 0 bridgehead atoms. The number of hydrogen-bond donors (Lipinski definition) is 1. The van der Waals surface area contributed by atoms with Crippen LogP contribution < -0.4 is 0 Å². The lowest BCUT2D eigenvalue weighted by molar-refractivity contribution is -0.122. The second-order valence-electron chi connectivity index (χ2n) is 7.44. The minimum Gasteiger partial charge on any atom is -0.478 e. The SMILES string of the molecule is C=CCN1C(=O)SC(=Cc2cc(C)n(-c3sc4c(c3C(=O)O)CCCC4)c2C)C1=O. The minimum atomic E-state index is -0.899. The van der Waals surface area contributed by atoms with Crippen molar-refractivity contribution in [2.75, 3.05) is 6.54 Å². The Morgan fingerprint density at radius 3 is 2.70 bits per heavy atom. The average molecular weight is 443 g/mol. The van der Waals surface area contributed by atoms with Crippen molar-refractivity contribution < 1.29 is 19.5 Å². The van der Waals surface area contributed by atoms with Gasteiger partial charge in [0.2, 0.25) is 0 Å². The number of hydrogen-bond acceptors (Lipinski definition) is 5. The van der Waals surface area contributed by atoms with E-state index in [-0.39, 0.29) is 17.7 Å². The molecule has 2 aliphatic rings. The van der Waals surface area contributed by atoms with Crippen molar-refractivity contribution in [2.45, 2.75) is 39.5 Å². The summed E-state index contributed by atoms with van der Waals surface area (Å²) >= 11 is 2.47. The largest absolute Gasteiger partial charge is 0.478 e. The number of rotatable bonds is 5. The number of aryl methyl sites for hydroxylation is 2. The van der Waals surface area contributed by atoms with E-state index in [4.69, 9.17) is 0 Å². The van der Waals surface area contributed by atoms with Gasteiger partial charge in [-0.2, -0.15) is 0 Å². The van der Waals surface area contributed by atoms with Gasteiger partial charge in [0.1, 0.15) is 5.00 Å². The molecule has 1 fully saturated rings. The van der Waals surface area contributed by atoms with E-state index in [1.165, 1.54) is 11.0 Å². The molecule has 8 heteroatoms. The summed E-state index contributed by atoms with van der Waals surface area (Å²) in [5.41, 5.74) is 3.91. The number of carbonyl (C=O) groups is 3. The van der Waals surface area contributed by atoms with Gasteiger partial charge in [-0.25, -0.2) is 4.79 Å². The standard InChI is InChI=1S/C22H22N2O4S2/c1-4-9-23-19(25)17(30-22(23)28)11-14-10-12(2)24(13(14)3)20-18(21(26)27)15-7-5-6-8-16(15)29-20/h4,10-11H,1,5-9H2,2-3H3,(H,26,27). The van der Waals surface area contributed by atoms with Crippen molar-refractivity contribution in [3.8, 4) is 5.00 Å². The van der Waals surface area contributed by atoms with E-state index in [0.717, 1.165) is 69.8 Å². The number of carboxylic acids is 1. The molecule has 0 unspecified atom stereocenters. The number of carboxylic acid groups (broad SMARTS) is 1. The van der Waals surface area contributed by atoms with Crippen LogP contribution in [-0.2, 0) is 17.6 Å². The van der Waals surface area contributed by atoms with Crippen molar-refractivity contribution in [1.82, 2.24) is 9.47 Å². The summed E-state index contributed by atoms with van der Waals surface area (Å²) in [5.74, 6) is -1.23. The van der Waals surface area contributed by atoms with Crippen LogP contribution in [0, 0.1) is 13.8 Å². The Kier molecular flexibility index (Phi) is 5.46. The van der Waals surface area contributed by atoms with Gasteiger partial charge in [-0.15, -0.1) is 17.9 Å². The molecule has 1 aliphatic heterocycles. The number of thioether (sulfide) groups is 1. The third kappa shape index (κ3) is 3.33. The second kappa shape index (κ2) is 7.92. The molecule has 0 aromatic carbocycles. The molecular formula is C22H22N2O4S2. The fourth-order valence-electron chi connectivity index (χ4n) is 4.10. The van der Waals surface area contributed by atoms with Crippen LogP contribution in [0.3, 0.4) is 0 Å². The van der Waals surface area contributed by atoms with E-state index in [0.29, 0.717) is 10.5 Å². The van der Waals surface area contributed by atoms with Gasteiger partial charge in [0, 0.05) is 22.8 Å². The van der Waals surface area contributed by atoms with E-state index in [2.05, 4.69) is 6.58 Å². The molecule has 3 heterocycles. The Balaban J connectivity index is 1.79. The maximum atomic E-state index is 12.5. The maximum Gasteiger partial charge on any atom is 0.339 e. The first kappa shape index (κ1) is 20.7. The van der Waals surface area contributed by atoms with Crippen LogP contribution in [0.15, 0.2) is 23.6 Å². The van der Waals surface area contributed by atoms with Gasteiger partial charge in [0.15, 0.2) is 0 Å². The summed E-state index contributed by atoms with van der Waals surface area (Å²) in [7, 11) is 0. The number of thiophene rings is 1. The summed E-state index contributed by atoms with van der Waals surface area (Å²) in [6.45, 7) is 7.62. The summed E-state index contributed by atoms with van der Waals surface area (Å²) in [6, 6.07) is 1.93. The molecule has 4 rings (SSSR count). The van der Waals surface area contributed by atoms with Crippen molar-refractivity contribution in [3.05, 3.63) is 56.6 Å². The number of aromatic nitrogens is 1. The molecule has 1 aliphatic carbocycles. The molecule has 6 nitrogen and oxygen atoms in total. The highest BCUT2D eigenvalue weighted by Gasteiger charge is 2.34. The number of fused-ring (bicyclic) bond motifs is 1. The van der Waals surface area contributed by atoms with E-state index >= 15 is 0 Å². The Bertz CT molecular complexity index is 1120. The lowest BCUT2D eigenvalue weighted by atomic mass is 9.95. The Morgan fingerprint density at radius 2 is 2.00 bits per heavy atom. The number of aromatic carboxylic acids is 1. The minimum absolute atomic E-state index is 0.184. The summed E-state index contributed by atoms with van der Waals surface area (Å²) in [4.78, 5) is 39.4. The number of nitrogens with zero attached hydrogens (tertiary/aromatic N) is 2. The maximum absolute atomic E-state index is 12.5. The summed E-state index contributed by atoms with van der Waals surface area (Å²) < 4.78 is 1.96. The molecular weight excluding hydrogens is 420 g/mol.